The fraction of sp³-hybridized carbons (Fsp3) is 0.263. The second kappa shape index (κ2) is 7.30. The van der Waals surface area contributed by atoms with Crippen molar-refractivity contribution in [1.82, 2.24) is 0 Å². The molecule has 5 nitrogen and oxygen atoms in total. The maximum Gasteiger partial charge on any atom is 0.416 e. The number of nitrogens with zero attached hydrogens (tertiary/aromatic N) is 1. The molecule has 2 aromatic rings. The van der Waals surface area contributed by atoms with E-state index in [4.69, 9.17) is 9.57 Å². The minimum Gasteiger partial charge on any atom is -0.497 e. The van der Waals surface area contributed by atoms with Gasteiger partial charge in [-0.05, 0) is 42.0 Å². The van der Waals surface area contributed by atoms with Crippen LogP contribution in [0.4, 0.5) is 18.9 Å². The summed E-state index contributed by atoms with van der Waals surface area (Å²) in [4.78, 5) is 17.7. The van der Waals surface area contributed by atoms with Gasteiger partial charge < -0.3 is 14.9 Å². The van der Waals surface area contributed by atoms with Crippen molar-refractivity contribution in [3.8, 4) is 5.75 Å². The first-order valence-corrected chi connectivity index (χ1v) is 8.16. The summed E-state index contributed by atoms with van der Waals surface area (Å²) < 4.78 is 43.1. The van der Waals surface area contributed by atoms with E-state index in [9.17, 15) is 18.0 Å². The Morgan fingerprint density at radius 3 is 2.30 bits per heavy atom. The minimum absolute atomic E-state index is 0.390. The molecule has 3 rings (SSSR count). The van der Waals surface area contributed by atoms with Gasteiger partial charge in [-0.1, -0.05) is 24.2 Å². The molecule has 0 saturated heterocycles. The van der Waals surface area contributed by atoms with Crippen molar-refractivity contribution in [2.45, 2.75) is 19.2 Å². The van der Waals surface area contributed by atoms with Crippen molar-refractivity contribution >= 4 is 17.3 Å². The van der Waals surface area contributed by atoms with Gasteiger partial charge in [0.1, 0.15) is 5.75 Å². The molecule has 1 aliphatic rings. The smallest absolute Gasteiger partial charge is 0.416 e. The Hall–Kier alpha value is -3.03. The molecule has 0 spiro atoms. The van der Waals surface area contributed by atoms with Gasteiger partial charge in [-0.3, -0.25) is 4.79 Å². The maximum absolute atomic E-state index is 12.7. The van der Waals surface area contributed by atoms with Crippen LogP contribution >= 0.6 is 0 Å². The highest BCUT2D eigenvalue weighted by Crippen LogP contribution is 2.30. The van der Waals surface area contributed by atoms with Crippen LogP contribution in [-0.2, 0) is 15.8 Å². The van der Waals surface area contributed by atoms with Crippen LogP contribution in [0.25, 0.3) is 0 Å². The van der Waals surface area contributed by atoms with Crippen molar-refractivity contribution in [3.05, 3.63) is 59.7 Å². The zero-order valence-corrected chi connectivity index (χ0v) is 14.6. The molecule has 0 aromatic heterocycles. The number of amides is 1. The third-order valence-electron chi connectivity index (χ3n) is 4.27. The fourth-order valence-electron chi connectivity index (χ4n) is 2.74. The van der Waals surface area contributed by atoms with Crippen molar-refractivity contribution in [2.24, 2.45) is 11.1 Å². The molecule has 1 amide bonds. The van der Waals surface area contributed by atoms with Gasteiger partial charge in [-0.2, -0.15) is 13.2 Å². The summed E-state index contributed by atoms with van der Waals surface area (Å²) in [7, 11) is 1.54. The number of carbonyl (C=O) groups excluding carboxylic acids is 1. The topological polar surface area (TPSA) is 59.9 Å². The van der Waals surface area contributed by atoms with E-state index in [1.807, 2.05) is 0 Å². The lowest BCUT2D eigenvalue weighted by Gasteiger charge is -2.15. The van der Waals surface area contributed by atoms with Crippen LogP contribution < -0.4 is 10.1 Å². The molecule has 0 bridgehead atoms. The molecule has 0 fully saturated rings. The molecule has 8 heteroatoms. The summed E-state index contributed by atoms with van der Waals surface area (Å²) in [5.74, 6) is -0.148. The van der Waals surface area contributed by atoms with Gasteiger partial charge in [-0.15, -0.1) is 0 Å². The highest BCUT2D eigenvalue weighted by atomic mass is 19.4. The minimum atomic E-state index is -4.40. The Labute approximate surface area is 153 Å². The molecule has 1 heterocycles. The number of hydrogen-bond acceptors (Lipinski definition) is 4. The maximum atomic E-state index is 12.7. The number of hydrogen-bond donors (Lipinski definition) is 1. The molecule has 142 valence electrons. The van der Waals surface area contributed by atoms with Gasteiger partial charge in [0.05, 0.1) is 24.3 Å². The summed E-state index contributed by atoms with van der Waals surface area (Å²) in [6.45, 7) is 1.74. The molecule has 0 saturated carbocycles. The van der Waals surface area contributed by atoms with E-state index in [0.717, 1.165) is 12.1 Å². The van der Waals surface area contributed by atoms with Crippen LogP contribution in [0.2, 0.25) is 0 Å². The number of nitrogens with one attached hydrogen (secondary N) is 1. The lowest BCUT2D eigenvalue weighted by molar-refractivity contribution is -0.137. The van der Waals surface area contributed by atoms with Gasteiger partial charge in [0.25, 0.3) is 5.91 Å². The molecule has 2 atom stereocenters. The van der Waals surface area contributed by atoms with E-state index in [0.29, 0.717) is 22.7 Å². The van der Waals surface area contributed by atoms with Gasteiger partial charge in [0, 0.05) is 5.69 Å². The van der Waals surface area contributed by atoms with Gasteiger partial charge in [-0.25, -0.2) is 0 Å². The zero-order chi connectivity index (χ0) is 19.6. The molecular formula is C19H17F3N2O3. The average Bonchev–Trinajstić information content (AvgIpc) is 3.03. The Kier molecular flexibility index (Phi) is 5.07. The van der Waals surface area contributed by atoms with E-state index in [1.165, 1.54) is 12.1 Å². The predicted octanol–water partition coefficient (Wildman–Crippen LogP) is 4.09. The van der Waals surface area contributed by atoms with Crippen LogP contribution in [0.3, 0.4) is 0 Å². The van der Waals surface area contributed by atoms with E-state index in [2.05, 4.69) is 10.5 Å². The molecular weight excluding hydrogens is 361 g/mol. The number of methoxy groups -OCH3 is 1. The summed E-state index contributed by atoms with van der Waals surface area (Å²) >= 11 is 0. The average molecular weight is 378 g/mol. The van der Waals surface area contributed by atoms with E-state index in [-0.39, 0.29) is 0 Å². The molecule has 0 radical (unpaired) electrons. The molecule has 0 unspecified atom stereocenters. The Morgan fingerprint density at radius 2 is 1.74 bits per heavy atom. The quantitative estimate of drug-likeness (QED) is 0.872. The highest BCUT2D eigenvalue weighted by Gasteiger charge is 2.37. The van der Waals surface area contributed by atoms with Crippen LogP contribution in [-0.4, -0.2) is 24.8 Å². The number of rotatable bonds is 4. The van der Waals surface area contributed by atoms with Gasteiger partial charge in [0.2, 0.25) is 6.10 Å². The fourth-order valence-corrected chi connectivity index (χ4v) is 2.74. The van der Waals surface area contributed by atoms with Crippen LogP contribution in [0, 0.1) is 5.92 Å². The number of anilines is 1. The largest absolute Gasteiger partial charge is 0.497 e. The Bertz CT molecular complexity index is 846. The highest BCUT2D eigenvalue weighted by molar-refractivity contribution is 6.07. The number of benzene rings is 2. The Balaban J connectivity index is 1.68. The molecule has 27 heavy (non-hydrogen) atoms. The Morgan fingerprint density at radius 1 is 1.11 bits per heavy atom. The standard InChI is InChI=1S/C19H17F3N2O3/c1-11-16(12-3-5-13(6-4-12)19(20,21)22)24-27-17(11)18(25)23-14-7-9-15(26-2)10-8-14/h3-11,17H,1-2H3,(H,23,25)/t11-,17-/m1/s1. The molecule has 2 aromatic carbocycles. The van der Waals surface area contributed by atoms with Gasteiger partial charge >= 0.3 is 6.18 Å². The van der Waals surface area contributed by atoms with Crippen molar-refractivity contribution in [3.63, 3.8) is 0 Å². The van der Waals surface area contributed by atoms with E-state index >= 15 is 0 Å². The number of oxime groups is 1. The van der Waals surface area contributed by atoms with Crippen molar-refractivity contribution in [2.75, 3.05) is 12.4 Å². The SMILES string of the molecule is COc1ccc(NC(=O)[C@@H]2ON=C(c3ccc(C(F)(F)F)cc3)[C@H]2C)cc1. The normalized spacial score (nSPS) is 19.2. The number of halogens is 3. The molecule has 1 N–H and O–H groups in total. The third kappa shape index (κ3) is 4.05. The van der Waals surface area contributed by atoms with E-state index in [1.54, 1.807) is 38.3 Å². The summed E-state index contributed by atoms with van der Waals surface area (Å²) in [5, 5.41) is 6.63. The van der Waals surface area contributed by atoms with Gasteiger partial charge in [0.15, 0.2) is 0 Å². The second-order valence-corrected chi connectivity index (χ2v) is 6.08. The first-order chi connectivity index (χ1) is 12.8. The summed E-state index contributed by atoms with van der Waals surface area (Å²) in [6, 6.07) is 11.4. The van der Waals surface area contributed by atoms with Crippen LogP contribution in [0.5, 0.6) is 5.75 Å². The predicted molar refractivity (Wildman–Crippen MR) is 93.6 cm³/mol. The molecule has 1 aliphatic heterocycles. The molecule has 0 aliphatic carbocycles. The van der Waals surface area contributed by atoms with Crippen LogP contribution in [0.15, 0.2) is 53.7 Å². The monoisotopic (exact) mass is 378 g/mol. The van der Waals surface area contributed by atoms with Crippen LogP contribution in [0.1, 0.15) is 18.1 Å². The number of ether oxygens (including phenoxy) is 1. The third-order valence-corrected chi connectivity index (χ3v) is 4.27. The second-order valence-electron chi connectivity index (χ2n) is 6.08. The number of carbonyl (C=O) groups is 1. The van der Waals surface area contributed by atoms with Crippen molar-refractivity contribution in [1.29, 1.82) is 0 Å². The lowest BCUT2D eigenvalue weighted by Crippen LogP contribution is -2.34. The summed E-state index contributed by atoms with van der Waals surface area (Å²) in [6.07, 6.45) is -5.27. The first kappa shape index (κ1) is 18.8. The van der Waals surface area contributed by atoms with E-state index < -0.39 is 29.7 Å². The number of alkyl halides is 3. The zero-order valence-electron chi connectivity index (χ0n) is 14.6. The first-order valence-electron chi connectivity index (χ1n) is 8.16. The summed E-state index contributed by atoms with van der Waals surface area (Å²) in [5.41, 5.74) is 0.737. The lowest BCUT2D eigenvalue weighted by atomic mass is 9.93. The van der Waals surface area contributed by atoms with Crippen molar-refractivity contribution < 1.29 is 27.5 Å².